The Hall–Kier alpha value is -5.44. The molecule has 0 spiro atoms. The Kier molecular flexibility index (Phi) is 11.5. The summed E-state index contributed by atoms with van der Waals surface area (Å²) in [4.78, 5) is 53.7. The van der Waals surface area contributed by atoms with Crippen LogP contribution in [0.2, 0.25) is 0 Å². The van der Waals surface area contributed by atoms with Crippen LogP contribution >= 0.6 is 0 Å². The van der Waals surface area contributed by atoms with Gasteiger partial charge in [-0.05, 0) is 47.2 Å². The summed E-state index contributed by atoms with van der Waals surface area (Å²) in [5.41, 5.74) is 2.04. The molecule has 9 heteroatoms. The van der Waals surface area contributed by atoms with Crippen molar-refractivity contribution in [3.05, 3.63) is 120 Å². The minimum absolute atomic E-state index is 0.00350. The summed E-state index contributed by atoms with van der Waals surface area (Å²) in [5, 5.41) is 16.2. The molecule has 2 unspecified atom stereocenters. The van der Waals surface area contributed by atoms with Gasteiger partial charge in [-0.1, -0.05) is 111 Å². The lowest BCUT2D eigenvalue weighted by molar-refractivity contribution is -0.144. The molecule has 0 bridgehead atoms. The molecule has 4 rings (SSSR count). The Morgan fingerprint density at radius 1 is 0.745 bits per heavy atom. The highest BCUT2D eigenvalue weighted by molar-refractivity contribution is 5.92. The molecule has 0 aromatic heterocycles. The van der Waals surface area contributed by atoms with E-state index in [0.29, 0.717) is 5.69 Å². The molecule has 9 nitrogen and oxygen atoms in total. The molecule has 244 valence electrons. The van der Waals surface area contributed by atoms with Crippen molar-refractivity contribution >= 4 is 29.6 Å². The summed E-state index contributed by atoms with van der Waals surface area (Å²) in [7, 11) is 0. The van der Waals surface area contributed by atoms with Crippen molar-refractivity contribution in [2.45, 2.75) is 52.1 Å². The van der Waals surface area contributed by atoms with E-state index in [-0.39, 0.29) is 37.0 Å². The van der Waals surface area contributed by atoms with E-state index in [4.69, 9.17) is 4.74 Å². The first-order chi connectivity index (χ1) is 22.5. The molecule has 0 aliphatic rings. The summed E-state index contributed by atoms with van der Waals surface area (Å²) in [6.07, 6.45) is 0.00423. The van der Waals surface area contributed by atoms with Gasteiger partial charge in [-0.3, -0.25) is 4.79 Å². The molecular formula is C38H41N3O6. The number of aliphatic carboxylic acids is 1. The average molecular weight is 636 g/mol. The van der Waals surface area contributed by atoms with Crippen molar-refractivity contribution in [3.8, 4) is 16.9 Å². The summed E-state index contributed by atoms with van der Waals surface area (Å²) in [6.45, 7) is 6.83. The van der Waals surface area contributed by atoms with E-state index >= 15 is 0 Å². The molecule has 0 saturated heterocycles. The van der Waals surface area contributed by atoms with Gasteiger partial charge in [-0.15, -0.1) is 0 Å². The number of benzene rings is 4. The molecule has 0 aliphatic heterocycles. The number of rotatable bonds is 13. The number of urea groups is 1. The molecule has 3 N–H and O–H groups in total. The van der Waals surface area contributed by atoms with E-state index in [1.165, 1.54) is 18.7 Å². The zero-order valence-corrected chi connectivity index (χ0v) is 27.1. The maximum atomic E-state index is 14.1. The standard InChI is InChI=1S/C38H41N3O6/c1-26(2)25-41(27(3)35(43)47-34-18-12-11-17-33(34)39-28(4)42)37(46)40-38(36(44)45,23-29-13-7-5-8-14-29)24-30-19-21-32(22-20-30)31-15-9-6-10-16-31/h5-22,26-27H,23-25H2,1-4H3,(H,39,42)(H,40,46)(H,44,45). The summed E-state index contributed by atoms with van der Waals surface area (Å²) in [5.74, 6) is -2.20. The lowest BCUT2D eigenvalue weighted by Gasteiger charge is -2.36. The highest BCUT2D eigenvalue weighted by Gasteiger charge is 2.43. The van der Waals surface area contributed by atoms with Crippen molar-refractivity contribution in [3.63, 3.8) is 0 Å². The first kappa shape index (κ1) is 34.4. The van der Waals surface area contributed by atoms with E-state index in [1.807, 2.05) is 98.8 Å². The van der Waals surface area contributed by atoms with Gasteiger partial charge in [0.1, 0.15) is 11.6 Å². The van der Waals surface area contributed by atoms with Crippen LogP contribution in [0.4, 0.5) is 10.5 Å². The van der Waals surface area contributed by atoms with Crippen LogP contribution in [-0.2, 0) is 27.2 Å². The quantitative estimate of drug-likeness (QED) is 0.113. The Morgan fingerprint density at radius 2 is 1.28 bits per heavy atom. The van der Waals surface area contributed by atoms with Crippen LogP contribution in [0.15, 0.2) is 109 Å². The van der Waals surface area contributed by atoms with E-state index < -0.39 is 29.6 Å². The first-order valence-electron chi connectivity index (χ1n) is 15.6. The smallest absolute Gasteiger partial charge is 0.334 e. The molecular weight excluding hydrogens is 594 g/mol. The number of carboxylic acid groups (broad SMARTS) is 1. The van der Waals surface area contributed by atoms with E-state index in [2.05, 4.69) is 10.6 Å². The van der Waals surface area contributed by atoms with Gasteiger partial charge in [-0.25, -0.2) is 14.4 Å². The van der Waals surface area contributed by atoms with Gasteiger partial charge in [0.2, 0.25) is 5.91 Å². The van der Waals surface area contributed by atoms with E-state index in [0.717, 1.165) is 22.3 Å². The van der Waals surface area contributed by atoms with Gasteiger partial charge in [0.15, 0.2) is 5.75 Å². The Labute approximate surface area is 275 Å². The van der Waals surface area contributed by atoms with E-state index in [1.54, 1.807) is 24.3 Å². The lowest BCUT2D eigenvalue weighted by atomic mass is 9.84. The van der Waals surface area contributed by atoms with Gasteiger partial charge < -0.3 is 25.4 Å². The van der Waals surface area contributed by atoms with Crippen LogP contribution in [0.1, 0.15) is 38.8 Å². The number of anilines is 1. The van der Waals surface area contributed by atoms with Crippen molar-refractivity contribution in [2.75, 3.05) is 11.9 Å². The first-order valence-corrected chi connectivity index (χ1v) is 15.6. The monoisotopic (exact) mass is 635 g/mol. The number of para-hydroxylation sites is 2. The number of esters is 1. The molecule has 0 saturated carbocycles. The number of carbonyl (C=O) groups excluding carboxylic acids is 3. The predicted molar refractivity (Wildman–Crippen MR) is 182 cm³/mol. The fraction of sp³-hybridized carbons (Fsp3) is 0.263. The third kappa shape index (κ3) is 9.29. The van der Waals surface area contributed by atoms with E-state index in [9.17, 15) is 24.3 Å². The van der Waals surface area contributed by atoms with Gasteiger partial charge >= 0.3 is 18.0 Å². The molecule has 47 heavy (non-hydrogen) atoms. The normalized spacial score (nSPS) is 12.8. The van der Waals surface area contributed by atoms with Crippen molar-refractivity contribution < 1.29 is 29.0 Å². The van der Waals surface area contributed by atoms with Gasteiger partial charge in [0.05, 0.1) is 5.69 Å². The number of hydrogen-bond acceptors (Lipinski definition) is 5. The Balaban J connectivity index is 1.64. The predicted octanol–water partition coefficient (Wildman–Crippen LogP) is 6.58. The van der Waals surface area contributed by atoms with Crippen molar-refractivity contribution in [1.82, 2.24) is 10.2 Å². The summed E-state index contributed by atoms with van der Waals surface area (Å²) < 4.78 is 5.65. The third-order valence-electron chi connectivity index (χ3n) is 7.71. The topological polar surface area (TPSA) is 125 Å². The minimum atomic E-state index is -1.75. The lowest BCUT2D eigenvalue weighted by Crippen LogP contribution is -2.62. The molecule has 0 fully saturated rings. The van der Waals surface area contributed by atoms with Crippen LogP contribution in [0, 0.1) is 5.92 Å². The fourth-order valence-corrected chi connectivity index (χ4v) is 5.35. The summed E-state index contributed by atoms with van der Waals surface area (Å²) >= 11 is 0. The van der Waals surface area contributed by atoms with Crippen molar-refractivity contribution in [1.29, 1.82) is 0 Å². The zero-order valence-electron chi connectivity index (χ0n) is 27.1. The van der Waals surface area contributed by atoms with Crippen LogP contribution in [0.5, 0.6) is 5.75 Å². The van der Waals surface area contributed by atoms with Gasteiger partial charge in [0, 0.05) is 26.3 Å². The molecule has 3 amide bonds. The number of carboxylic acids is 1. The maximum absolute atomic E-state index is 14.1. The number of ether oxygens (including phenoxy) is 1. The van der Waals surface area contributed by atoms with Gasteiger partial charge in [-0.2, -0.15) is 0 Å². The summed E-state index contributed by atoms with van der Waals surface area (Å²) in [6, 6.07) is 31.3. The molecule has 4 aromatic carbocycles. The highest BCUT2D eigenvalue weighted by atomic mass is 16.5. The highest BCUT2D eigenvalue weighted by Crippen LogP contribution is 2.27. The molecule has 2 atom stereocenters. The van der Waals surface area contributed by atoms with Crippen molar-refractivity contribution in [2.24, 2.45) is 5.92 Å². The van der Waals surface area contributed by atoms with Crippen LogP contribution in [0.3, 0.4) is 0 Å². The Bertz CT molecular complexity index is 1670. The van der Waals surface area contributed by atoms with Crippen LogP contribution in [-0.4, -0.2) is 52.0 Å². The maximum Gasteiger partial charge on any atom is 0.334 e. The SMILES string of the molecule is CC(=O)Nc1ccccc1OC(=O)C(C)N(CC(C)C)C(=O)NC(Cc1ccccc1)(Cc1ccc(-c2ccccc2)cc1)C(=O)O. The number of nitrogens with zero attached hydrogens (tertiary/aromatic N) is 1. The Morgan fingerprint density at radius 3 is 1.85 bits per heavy atom. The number of hydrogen-bond donors (Lipinski definition) is 3. The average Bonchev–Trinajstić information content (AvgIpc) is 3.05. The number of carbonyl (C=O) groups is 4. The minimum Gasteiger partial charge on any atom is -0.479 e. The second-order valence-corrected chi connectivity index (χ2v) is 12.0. The second-order valence-electron chi connectivity index (χ2n) is 12.0. The largest absolute Gasteiger partial charge is 0.479 e. The number of nitrogens with one attached hydrogen (secondary N) is 2. The number of amides is 3. The fourth-order valence-electron chi connectivity index (χ4n) is 5.35. The second kappa shape index (κ2) is 15.7. The molecule has 0 heterocycles. The third-order valence-corrected chi connectivity index (χ3v) is 7.71. The van der Waals surface area contributed by atoms with Crippen LogP contribution < -0.4 is 15.4 Å². The molecule has 0 aliphatic carbocycles. The van der Waals surface area contributed by atoms with Gasteiger partial charge in [0.25, 0.3) is 0 Å². The molecule has 4 aromatic rings. The zero-order chi connectivity index (χ0) is 34.0. The molecule has 0 radical (unpaired) electrons. The van der Waals surface area contributed by atoms with Crippen LogP contribution in [0.25, 0.3) is 11.1 Å².